The third-order valence-corrected chi connectivity index (χ3v) is 3.45. The van der Waals surface area contributed by atoms with E-state index in [0.29, 0.717) is 5.56 Å². The third-order valence-electron chi connectivity index (χ3n) is 3.45. The van der Waals surface area contributed by atoms with Crippen LogP contribution in [0.25, 0.3) is 0 Å². The molecule has 19 heavy (non-hydrogen) atoms. The Morgan fingerprint density at radius 2 is 2.21 bits per heavy atom. The molecule has 0 heterocycles. The summed E-state index contributed by atoms with van der Waals surface area (Å²) in [6.07, 6.45) is 2.65. The maximum atomic E-state index is 13.3. The Hall–Kier alpha value is -0.970. The molecule has 0 amide bonds. The molecule has 106 valence electrons. The third kappa shape index (κ3) is 4.90. The van der Waals surface area contributed by atoms with Gasteiger partial charge < -0.3 is 10.5 Å². The van der Waals surface area contributed by atoms with Crippen LogP contribution in [0.15, 0.2) is 18.2 Å². The Morgan fingerprint density at radius 3 is 2.89 bits per heavy atom. The summed E-state index contributed by atoms with van der Waals surface area (Å²) >= 11 is 0. The molecule has 4 heteroatoms. The fourth-order valence-corrected chi connectivity index (χ4v) is 2.03. The van der Waals surface area contributed by atoms with Crippen LogP contribution >= 0.6 is 0 Å². The van der Waals surface area contributed by atoms with Crippen molar-refractivity contribution in [2.45, 2.75) is 25.9 Å². The lowest BCUT2D eigenvalue weighted by molar-refractivity contribution is 0.102. The second-order valence-electron chi connectivity index (χ2n) is 5.39. The van der Waals surface area contributed by atoms with E-state index < -0.39 is 0 Å². The van der Waals surface area contributed by atoms with Crippen molar-refractivity contribution in [3.63, 3.8) is 0 Å². The smallest absolute Gasteiger partial charge is 0.127 e. The predicted octanol–water partition coefficient (Wildman–Crippen LogP) is 2.14. The molecule has 0 saturated heterocycles. The monoisotopic (exact) mass is 266 g/mol. The zero-order valence-electron chi connectivity index (χ0n) is 11.6. The molecule has 0 aliphatic heterocycles. The van der Waals surface area contributed by atoms with Crippen LogP contribution in [0.2, 0.25) is 0 Å². The van der Waals surface area contributed by atoms with Crippen LogP contribution in [0.1, 0.15) is 24.0 Å². The van der Waals surface area contributed by atoms with Gasteiger partial charge in [-0.1, -0.05) is 12.1 Å². The molecule has 2 N–H and O–H groups in total. The molecule has 2 rings (SSSR count). The lowest BCUT2D eigenvalue weighted by atomic mass is 10.1. The summed E-state index contributed by atoms with van der Waals surface area (Å²) in [7, 11) is 2.05. The van der Waals surface area contributed by atoms with Gasteiger partial charge in [0.05, 0.1) is 6.61 Å². The highest BCUT2D eigenvalue weighted by Crippen LogP contribution is 2.28. The second kappa shape index (κ2) is 6.98. The van der Waals surface area contributed by atoms with Crippen molar-refractivity contribution < 1.29 is 9.13 Å². The Kier molecular flexibility index (Phi) is 5.31. The summed E-state index contributed by atoms with van der Waals surface area (Å²) in [6, 6.07) is 5.15. The standard InChI is InChI=1S/C15H23FN2O/c1-18(6-7-19-11-12-2-3-12)10-13-4-5-15(16)14(8-13)9-17/h4-5,8,12H,2-3,6-7,9-11,17H2,1H3. The fourth-order valence-electron chi connectivity index (χ4n) is 2.03. The summed E-state index contributed by atoms with van der Waals surface area (Å²) in [5, 5.41) is 0. The Morgan fingerprint density at radius 1 is 1.42 bits per heavy atom. The summed E-state index contributed by atoms with van der Waals surface area (Å²) in [5.41, 5.74) is 7.18. The molecule has 1 aromatic carbocycles. The van der Waals surface area contributed by atoms with Gasteiger partial charge in [0.15, 0.2) is 0 Å². The maximum absolute atomic E-state index is 13.3. The van der Waals surface area contributed by atoms with Gasteiger partial charge in [-0.3, -0.25) is 4.90 Å². The summed E-state index contributed by atoms with van der Waals surface area (Å²) in [5.74, 6) is 0.594. The zero-order chi connectivity index (χ0) is 13.7. The molecule has 1 saturated carbocycles. The van der Waals surface area contributed by atoms with Crippen LogP contribution in [-0.4, -0.2) is 31.7 Å². The van der Waals surface area contributed by atoms with E-state index in [2.05, 4.69) is 4.90 Å². The van der Waals surface area contributed by atoms with Gasteiger partial charge in [0.2, 0.25) is 0 Å². The van der Waals surface area contributed by atoms with E-state index in [1.54, 1.807) is 0 Å². The Bertz CT molecular complexity index is 407. The first kappa shape index (κ1) is 14.4. The first-order chi connectivity index (χ1) is 9.19. The molecule has 1 fully saturated rings. The average Bonchev–Trinajstić information content (AvgIpc) is 3.21. The van der Waals surface area contributed by atoms with E-state index in [9.17, 15) is 4.39 Å². The molecular formula is C15H23FN2O. The molecular weight excluding hydrogens is 243 g/mol. The van der Waals surface area contributed by atoms with Crippen LogP contribution < -0.4 is 5.73 Å². The molecule has 0 bridgehead atoms. The predicted molar refractivity (Wildman–Crippen MR) is 74.2 cm³/mol. The van der Waals surface area contributed by atoms with Crippen LogP contribution in [-0.2, 0) is 17.8 Å². The highest BCUT2D eigenvalue weighted by molar-refractivity contribution is 5.24. The number of ether oxygens (including phenoxy) is 1. The van der Waals surface area contributed by atoms with E-state index in [1.807, 2.05) is 19.2 Å². The second-order valence-corrected chi connectivity index (χ2v) is 5.39. The van der Waals surface area contributed by atoms with Gasteiger partial charge in [-0.05, 0) is 37.4 Å². The van der Waals surface area contributed by atoms with Gasteiger partial charge in [-0.15, -0.1) is 0 Å². The number of rotatable bonds is 8. The molecule has 0 aromatic heterocycles. The molecule has 1 aliphatic carbocycles. The zero-order valence-corrected chi connectivity index (χ0v) is 11.6. The lowest BCUT2D eigenvalue weighted by Gasteiger charge is -2.17. The molecule has 1 aromatic rings. The van der Waals surface area contributed by atoms with Crippen molar-refractivity contribution >= 4 is 0 Å². The number of hydrogen-bond acceptors (Lipinski definition) is 3. The number of nitrogens with two attached hydrogens (primary N) is 1. The van der Waals surface area contributed by atoms with Crippen LogP contribution in [0, 0.1) is 11.7 Å². The Balaban J connectivity index is 1.72. The topological polar surface area (TPSA) is 38.5 Å². The van der Waals surface area contributed by atoms with Gasteiger partial charge in [0, 0.05) is 31.8 Å². The van der Waals surface area contributed by atoms with E-state index in [0.717, 1.165) is 37.8 Å². The molecule has 0 spiro atoms. The number of nitrogens with zero attached hydrogens (tertiary/aromatic N) is 1. The van der Waals surface area contributed by atoms with Crippen molar-refractivity contribution in [2.24, 2.45) is 11.7 Å². The van der Waals surface area contributed by atoms with Crippen molar-refractivity contribution in [1.82, 2.24) is 4.90 Å². The van der Waals surface area contributed by atoms with E-state index in [-0.39, 0.29) is 12.4 Å². The van der Waals surface area contributed by atoms with Crippen molar-refractivity contribution in [3.05, 3.63) is 35.1 Å². The molecule has 0 atom stereocenters. The highest BCUT2D eigenvalue weighted by atomic mass is 19.1. The van der Waals surface area contributed by atoms with Crippen molar-refractivity contribution in [3.8, 4) is 0 Å². The van der Waals surface area contributed by atoms with Crippen LogP contribution in [0.4, 0.5) is 4.39 Å². The number of likely N-dealkylation sites (N-methyl/N-ethyl adjacent to an activating group) is 1. The van der Waals surface area contributed by atoms with Gasteiger partial charge in [-0.2, -0.15) is 0 Å². The van der Waals surface area contributed by atoms with Gasteiger partial charge >= 0.3 is 0 Å². The normalized spacial score (nSPS) is 15.2. The fraction of sp³-hybridized carbons (Fsp3) is 0.600. The van der Waals surface area contributed by atoms with E-state index in [1.165, 1.54) is 18.9 Å². The number of halogens is 1. The first-order valence-corrected chi connectivity index (χ1v) is 6.92. The van der Waals surface area contributed by atoms with Gasteiger partial charge in [-0.25, -0.2) is 4.39 Å². The SMILES string of the molecule is CN(CCOCC1CC1)Cc1ccc(F)c(CN)c1. The summed E-state index contributed by atoms with van der Waals surface area (Å²) in [4.78, 5) is 2.18. The largest absolute Gasteiger partial charge is 0.380 e. The van der Waals surface area contributed by atoms with Crippen molar-refractivity contribution in [2.75, 3.05) is 26.8 Å². The first-order valence-electron chi connectivity index (χ1n) is 6.92. The lowest BCUT2D eigenvalue weighted by Crippen LogP contribution is -2.23. The van der Waals surface area contributed by atoms with E-state index >= 15 is 0 Å². The molecule has 3 nitrogen and oxygen atoms in total. The van der Waals surface area contributed by atoms with Gasteiger partial charge in [0.1, 0.15) is 5.82 Å². The molecule has 1 aliphatic rings. The maximum Gasteiger partial charge on any atom is 0.127 e. The van der Waals surface area contributed by atoms with Crippen LogP contribution in [0.5, 0.6) is 0 Å². The minimum atomic E-state index is -0.221. The Labute approximate surface area is 114 Å². The average molecular weight is 266 g/mol. The summed E-state index contributed by atoms with van der Waals surface area (Å²) < 4.78 is 18.9. The minimum Gasteiger partial charge on any atom is -0.380 e. The molecule has 0 radical (unpaired) electrons. The van der Waals surface area contributed by atoms with Gasteiger partial charge in [0.25, 0.3) is 0 Å². The highest BCUT2D eigenvalue weighted by Gasteiger charge is 2.20. The molecule has 0 unspecified atom stereocenters. The summed E-state index contributed by atoms with van der Waals surface area (Å²) in [6.45, 7) is 3.59. The van der Waals surface area contributed by atoms with Crippen molar-refractivity contribution in [1.29, 1.82) is 0 Å². The van der Waals surface area contributed by atoms with E-state index in [4.69, 9.17) is 10.5 Å². The number of hydrogen-bond donors (Lipinski definition) is 1. The van der Waals surface area contributed by atoms with Crippen LogP contribution in [0.3, 0.4) is 0 Å². The number of benzene rings is 1. The quantitative estimate of drug-likeness (QED) is 0.733. The minimum absolute atomic E-state index is 0.221.